The molecule has 3 N–H and O–H groups in total. The molecule has 3 aromatic rings. The van der Waals surface area contributed by atoms with Crippen molar-refractivity contribution in [2.24, 2.45) is 5.92 Å². The van der Waals surface area contributed by atoms with Gasteiger partial charge >= 0.3 is 0 Å². The predicted octanol–water partition coefficient (Wildman–Crippen LogP) is 5.67. The Hall–Kier alpha value is -3.30. The van der Waals surface area contributed by atoms with E-state index in [1.807, 2.05) is 30.3 Å². The van der Waals surface area contributed by atoms with Crippen LogP contribution >= 0.6 is 0 Å². The molecule has 0 bridgehead atoms. The van der Waals surface area contributed by atoms with Gasteiger partial charge in [0.15, 0.2) is 0 Å². The van der Waals surface area contributed by atoms with Crippen LogP contribution < -0.4 is 5.32 Å². The third-order valence-corrected chi connectivity index (χ3v) is 5.89. The zero-order valence-corrected chi connectivity index (χ0v) is 16.2. The number of nitrogens with one attached hydrogen (secondary N) is 1. The van der Waals surface area contributed by atoms with Gasteiger partial charge in [0.05, 0.1) is 12.1 Å². The van der Waals surface area contributed by atoms with Crippen molar-refractivity contribution in [1.29, 1.82) is 0 Å². The lowest BCUT2D eigenvalue weighted by Crippen LogP contribution is -2.32. The number of hydrogen-bond acceptors (Lipinski definition) is 3. The van der Waals surface area contributed by atoms with Crippen molar-refractivity contribution in [3.63, 3.8) is 0 Å². The standard InChI is InChI=1S/C26H23NO2/c1-16-6-5-9-19(11-10-16)26-24-21(29)15-13-17-12-14-20(28)23(22(17)24)25(27-26)18-7-3-2-4-8-18/h2-16,25-29H,1H3/t16?,25-,26-/m1/s1. The molecule has 3 atom stereocenters. The fourth-order valence-electron chi connectivity index (χ4n) is 4.46. The molecular weight excluding hydrogens is 358 g/mol. The summed E-state index contributed by atoms with van der Waals surface area (Å²) in [6.07, 6.45) is 10.6. The Morgan fingerprint density at radius 1 is 0.793 bits per heavy atom. The van der Waals surface area contributed by atoms with Crippen LogP contribution in [0, 0.1) is 5.92 Å². The van der Waals surface area contributed by atoms with Crippen LogP contribution in [0.2, 0.25) is 0 Å². The van der Waals surface area contributed by atoms with Crippen LogP contribution in [0.3, 0.4) is 0 Å². The summed E-state index contributed by atoms with van der Waals surface area (Å²) in [5.74, 6) is 0.838. The third kappa shape index (κ3) is 2.95. The van der Waals surface area contributed by atoms with E-state index in [4.69, 9.17) is 0 Å². The van der Waals surface area contributed by atoms with E-state index in [2.05, 4.69) is 54.8 Å². The fraction of sp³-hybridized carbons (Fsp3) is 0.154. The molecule has 0 aromatic heterocycles. The molecule has 1 heterocycles. The highest BCUT2D eigenvalue weighted by Crippen LogP contribution is 2.48. The molecule has 1 aliphatic heterocycles. The molecular formula is C26H23NO2. The molecule has 3 nitrogen and oxygen atoms in total. The number of aromatic hydroxyl groups is 2. The first-order valence-electron chi connectivity index (χ1n) is 9.98. The van der Waals surface area contributed by atoms with E-state index in [0.717, 1.165) is 33.0 Å². The minimum Gasteiger partial charge on any atom is -0.508 e. The summed E-state index contributed by atoms with van der Waals surface area (Å²) in [4.78, 5) is 0. The van der Waals surface area contributed by atoms with Crippen LogP contribution in [0.15, 0.2) is 90.6 Å². The maximum absolute atomic E-state index is 10.8. The van der Waals surface area contributed by atoms with Gasteiger partial charge in [0.2, 0.25) is 0 Å². The van der Waals surface area contributed by atoms with Crippen LogP contribution in [0.4, 0.5) is 0 Å². The summed E-state index contributed by atoms with van der Waals surface area (Å²) in [6, 6.07) is 17.1. The summed E-state index contributed by atoms with van der Waals surface area (Å²) >= 11 is 0. The predicted molar refractivity (Wildman–Crippen MR) is 117 cm³/mol. The molecule has 1 aliphatic carbocycles. The molecule has 0 radical (unpaired) electrons. The van der Waals surface area contributed by atoms with Crippen LogP contribution in [-0.4, -0.2) is 10.2 Å². The number of phenolic OH excluding ortho intramolecular Hbond substituents is 2. The first kappa shape index (κ1) is 17.8. The van der Waals surface area contributed by atoms with Crippen molar-refractivity contribution in [3.8, 4) is 11.5 Å². The number of allylic oxidation sites excluding steroid dienone is 4. The zero-order chi connectivity index (χ0) is 20.0. The topological polar surface area (TPSA) is 52.5 Å². The summed E-state index contributed by atoms with van der Waals surface area (Å²) in [7, 11) is 0. The minimum atomic E-state index is -0.190. The Morgan fingerprint density at radius 3 is 2.21 bits per heavy atom. The van der Waals surface area contributed by atoms with Gasteiger partial charge in [-0.05, 0) is 40.0 Å². The summed E-state index contributed by atoms with van der Waals surface area (Å²) in [5.41, 5.74) is 3.80. The first-order chi connectivity index (χ1) is 14.1. The van der Waals surface area contributed by atoms with Gasteiger partial charge in [-0.25, -0.2) is 0 Å². The van der Waals surface area contributed by atoms with Crippen molar-refractivity contribution in [2.45, 2.75) is 19.0 Å². The van der Waals surface area contributed by atoms with Gasteiger partial charge in [-0.3, -0.25) is 5.32 Å². The summed E-state index contributed by atoms with van der Waals surface area (Å²) in [6.45, 7) is 2.15. The summed E-state index contributed by atoms with van der Waals surface area (Å²) in [5, 5.41) is 27.3. The van der Waals surface area contributed by atoms with E-state index in [9.17, 15) is 10.2 Å². The Bertz CT molecular complexity index is 1170. The number of benzene rings is 3. The van der Waals surface area contributed by atoms with Gasteiger partial charge in [-0.2, -0.15) is 0 Å². The lowest BCUT2D eigenvalue weighted by atomic mass is 9.81. The Balaban J connectivity index is 1.80. The monoisotopic (exact) mass is 381 g/mol. The number of hydrogen-bond donors (Lipinski definition) is 3. The van der Waals surface area contributed by atoms with E-state index >= 15 is 0 Å². The second-order valence-electron chi connectivity index (χ2n) is 7.81. The largest absolute Gasteiger partial charge is 0.508 e. The average molecular weight is 381 g/mol. The molecule has 0 spiro atoms. The molecule has 144 valence electrons. The van der Waals surface area contributed by atoms with E-state index in [1.54, 1.807) is 12.1 Å². The maximum Gasteiger partial charge on any atom is 0.121 e. The molecule has 29 heavy (non-hydrogen) atoms. The van der Waals surface area contributed by atoms with Crippen LogP contribution in [0.25, 0.3) is 10.8 Å². The SMILES string of the molecule is CC1C=CC=C([C@H]2N[C@H](c3ccccc3)c3c(O)ccc4ccc(O)c2c34)C=C1. The third-order valence-electron chi connectivity index (χ3n) is 5.89. The molecule has 1 unspecified atom stereocenters. The van der Waals surface area contributed by atoms with E-state index in [0.29, 0.717) is 5.92 Å². The van der Waals surface area contributed by atoms with Crippen LogP contribution in [-0.2, 0) is 0 Å². The van der Waals surface area contributed by atoms with Crippen molar-refractivity contribution in [1.82, 2.24) is 5.32 Å². The highest BCUT2D eigenvalue weighted by atomic mass is 16.3. The molecule has 5 rings (SSSR count). The lowest BCUT2D eigenvalue weighted by Gasteiger charge is -2.35. The molecule has 2 aliphatic rings. The van der Waals surface area contributed by atoms with Gasteiger partial charge in [0.1, 0.15) is 11.5 Å². The lowest BCUT2D eigenvalue weighted by molar-refractivity contribution is 0.432. The molecule has 3 aromatic carbocycles. The second kappa shape index (κ2) is 6.94. The van der Waals surface area contributed by atoms with E-state index in [-0.39, 0.29) is 23.6 Å². The fourth-order valence-corrected chi connectivity index (χ4v) is 4.46. The first-order valence-corrected chi connectivity index (χ1v) is 9.98. The van der Waals surface area contributed by atoms with Crippen molar-refractivity contribution in [2.75, 3.05) is 0 Å². The number of phenols is 2. The van der Waals surface area contributed by atoms with Crippen LogP contribution in [0.1, 0.15) is 35.7 Å². The zero-order valence-electron chi connectivity index (χ0n) is 16.2. The summed E-state index contributed by atoms with van der Waals surface area (Å²) < 4.78 is 0. The van der Waals surface area contributed by atoms with Gasteiger partial charge in [0, 0.05) is 11.1 Å². The van der Waals surface area contributed by atoms with Gasteiger partial charge in [-0.1, -0.05) is 79.8 Å². The molecule has 0 saturated heterocycles. The molecule has 0 amide bonds. The van der Waals surface area contributed by atoms with Gasteiger partial charge in [-0.15, -0.1) is 0 Å². The maximum atomic E-state index is 10.8. The number of rotatable bonds is 2. The van der Waals surface area contributed by atoms with E-state index < -0.39 is 0 Å². The molecule has 0 fully saturated rings. The second-order valence-corrected chi connectivity index (χ2v) is 7.81. The molecule has 0 saturated carbocycles. The molecule has 3 heteroatoms. The van der Waals surface area contributed by atoms with E-state index in [1.165, 1.54) is 0 Å². The normalized spacial score (nSPS) is 23.1. The van der Waals surface area contributed by atoms with Gasteiger partial charge < -0.3 is 10.2 Å². The smallest absolute Gasteiger partial charge is 0.121 e. The average Bonchev–Trinajstić information content (AvgIpc) is 2.97. The minimum absolute atomic E-state index is 0.182. The Kier molecular flexibility index (Phi) is 4.26. The van der Waals surface area contributed by atoms with Crippen molar-refractivity contribution >= 4 is 10.8 Å². The Morgan fingerprint density at radius 2 is 1.48 bits per heavy atom. The van der Waals surface area contributed by atoms with Gasteiger partial charge in [0.25, 0.3) is 0 Å². The highest BCUT2D eigenvalue weighted by Gasteiger charge is 2.34. The highest BCUT2D eigenvalue weighted by molar-refractivity contribution is 5.95. The van der Waals surface area contributed by atoms with Crippen LogP contribution in [0.5, 0.6) is 11.5 Å². The van der Waals surface area contributed by atoms with Crippen molar-refractivity contribution < 1.29 is 10.2 Å². The quantitative estimate of drug-likeness (QED) is 0.536. The Labute approximate surface area is 170 Å². The van der Waals surface area contributed by atoms with Crippen molar-refractivity contribution in [3.05, 3.63) is 107 Å².